The van der Waals surface area contributed by atoms with E-state index < -0.39 is 15.8 Å². The van der Waals surface area contributed by atoms with E-state index in [1.54, 1.807) is 27.0 Å². The summed E-state index contributed by atoms with van der Waals surface area (Å²) in [5, 5.41) is 2.89. The van der Waals surface area contributed by atoms with Crippen molar-refractivity contribution in [1.29, 1.82) is 0 Å². The number of halogens is 1. The van der Waals surface area contributed by atoms with Crippen LogP contribution in [0, 0.1) is 5.82 Å². The van der Waals surface area contributed by atoms with Gasteiger partial charge in [0.25, 0.3) is 0 Å². The smallest absolute Gasteiger partial charge is 0.243 e. The Hall–Kier alpha value is -0.980. The Kier molecular flexibility index (Phi) is 4.62. The van der Waals surface area contributed by atoms with Crippen LogP contribution >= 0.6 is 0 Å². The van der Waals surface area contributed by atoms with Crippen molar-refractivity contribution in [3.8, 4) is 0 Å². The highest BCUT2D eigenvalue weighted by Crippen LogP contribution is 2.16. The molecule has 0 atom stereocenters. The van der Waals surface area contributed by atoms with Crippen molar-refractivity contribution < 1.29 is 12.8 Å². The Labute approximate surface area is 101 Å². The second-order valence-corrected chi connectivity index (χ2v) is 5.75. The Morgan fingerprint density at radius 3 is 2.53 bits per heavy atom. The predicted molar refractivity (Wildman–Crippen MR) is 64.6 cm³/mol. The number of hydrogen-bond acceptors (Lipinski definition) is 3. The topological polar surface area (TPSA) is 58.2 Å². The van der Waals surface area contributed by atoms with Crippen LogP contribution in [0.15, 0.2) is 23.1 Å². The SMILES string of the molecule is CNCc1ccc(F)c(S(=O)(=O)NC(C)C)c1. The molecule has 1 aromatic rings. The van der Waals surface area contributed by atoms with E-state index in [9.17, 15) is 12.8 Å². The van der Waals surface area contributed by atoms with Gasteiger partial charge in [-0.3, -0.25) is 0 Å². The maximum atomic E-state index is 13.5. The minimum absolute atomic E-state index is 0.271. The first-order chi connectivity index (χ1) is 7.86. The van der Waals surface area contributed by atoms with E-state index in [2.05, 4.69) is 10.0 Å². The number of rotatable bonds is 5. The van der Waals surface area contributed by atoms with Gasteiger partial charge in [-0.15, -0.1) is 0 Å². The molecule has 0 heterocycles. The number of sulfonamides is 1. The zero-order valence-electron chi connectivity index (χ0n) is 10.1. The van der Waals surface area contributed by atoms with E-state index in [0.717, 1.165) is 5.56 Å². The van der Waals surface area contributed by atoms with Gasteiger partial charge in [0.2, 0.25) is 10.0 Å². The maximum absolute atomic E-state index is 13.5. The summed E-state index contributed by atoms with van der Waals surface area (Å²) in [4.78, 5) is -0.307. The van der Waals surface area contributed by atoms with E-state index in [1.165, 1.54) is 12.1 Å². The molecule has 0 radical (unpaired) electrons. The third-order valence-corrected chi connectivity index (χ3v) is 3.73. The first kappa shape index (κ1) is 14.1. The summed E-state index contributed by atoms with van der Waals surface area (Å²) in [7, 11) is -2.04. The zero-order valence-corrected chi connectivity index (χ0v) is 10.9. The lowest BCUT2D eigenvalue weighted by atomic mass is 10.2. The van der Waals surface area contributed by atoms with Gasteiger partial charge in [0.05, 0.1) is 0 Å². The van der Waals surface area contributed by atoms with E-state index in [4.69, 9.17) is 0 Å². The molecule has 0 spiro atoms. The summed E-state index contributed by atoms with van der Waals surface area (Å²) >= 11 is 0. The summed E-state index contributed by atoms with van der Waals surface area (Å²) in [5.74, 6) is -0.738. The minimum Gasteiger partial charge on any atom is -0.316 e. The second-order valence-electron chi connectivity index (χ2n) is 4.07. The van der Waals surface area contributed by atoms with Gasteiger partial charge >= 0.3 is 0 Å². The van der Waals surface area contributed by atoms with Gasteiger partial charge in [-0.1, -0.05) is 6.07 Å². The highest BCUT2D eigenvalue weighted by Gasteiger charge is 2.20. The van der Waals surface area contributed by atoms with Crippen LogP contribution in [-0.2, 0) is 16.6 Å². The molecule has 2 N–H and O–H groups in total. The first-order valence-corrected chi connectivity index (χ1v) is 6.80. The third kappa shape index (κ3) is 3.76. The van der Waals surface area contributed by atoms with Gasteiger partial charge in [0.1, 0.15) is 10.7 Å². The molecule has 6 heteroatoms. The summed E-state index contributed by atoms with van der Waals surface area (Å²) in [6, 6.07) is 3.80. The molecule has 4 nitrogen and oxygen atoms in total. The van der Waals surface area contributed by atoms with Crippen molar-refractivity contribution in [3.63, 3.8) is 0 Å². The molecular formula is C11H17FN2O2S. The van der Waals surface area contributed by atoms with E-state index >= 15 is 0 Å². The highest BCUT2D eigenvalue weighted by molar-refractivity contribution is 7.89. The van der Waals surface area contributed by atoms with Crippen LogP contribution in [0.1, 0.15) is 19.4 Å². The largest absolute Gasteiger partial charge is 0.316 e. The van der Waals surface area contributed by atoms with E-state index in [0.29, 0.717) is 6.54 Å². The Morgan fingerprint density at radius 1 is 1.35 bits per heavy atom. The molecule has 0 amide bonds. The summed E-state index contributed by atoms with van der Waals surface area (Å²) in [6.45, 7) is 3.87. The van der Waals surface area contributed by atoms with Crippen LogP contribution in [-0.4, -0.2) is 21.5 Å². The lowest BCUT2D eigenvalue weighted by Gasteiger charge is -2.11. The number of benzene rings is 1. The summed E-state index contributed by atoms with van der Waals surface area (Å²) in [6.07, 6.45) is 0. The lowest BCUT2D eigenvalue weighted by Crippen LogP contribution is -2.31. The van der Waals surface area contributed by atoms with Crippen molar-refractivity contribution in [2.24, 2.45) is 0 Å². The molecule has 0 saturated heterocycles. The summed E-state index contributed by atoms with van der Waals surface area (Å²) in [5.41, 5.74) is 0.720. The van der Waals surface area contributed by atoms with E-state index in [1.807, 2.05) is 0 Å². The van der Waals surface area contributed by atoms with E-state index in [-0.39, 0.29) is 10.9 Å². The van der Waals surface area contributed by atoms with Crippen molar-refractivity contribution >= 4 is 10.0 Å². The molecular weight excluding hydrogens is 243 g/mol. The molecule has 0 fully saturated rings. The van der Waals surface area contributed by atoms with Gasteiger partial charge in [0.15, 0.2) is 0 Å². The molecule has 1 rings (SSSR count). The standard InChI is InChI=1S/C11H17FN2O2S/c1-8(2)14-17(15,16)11-6-9(7-13-3)4-5-10(11)12/h4-6,8,13-14H,7H2,1-3H3. The van der Waals surface area contributed by atoms with Gasteiger partial charge < -0.3 is 5.32 Å². The molecule has 0 saturated carbocycles. The van der Waals surface area contributed by atoms with Crippen molar-refractivity contribution in [3.05, 3.63) is 29.6 Å². The van der Waals surface area contributed by atoms with Crippen LogP contribution in [0.3, 0.4) is 0 Å². The molecule has 0 aliphatic rings. The van der Waals surface area contributed by atoms with Crippen molar-refractivity contribution in [1.82, 2.24) is 10.0 Å². The van der Waals surface area contributed by atoms with Gasteiger partial charge in [-0.2, -0.15) is 0 Å². The van der Waals surface area contributed by atoms with Crippen LogP contribution in [0.4, 0.5) is 4.39 Å². The first-order valence-electron chi connectivity index (χ1n) is 5.32. The fourth-order valence-electron chi connectivity index (χ4n) is 1.44. The van der Waals surface area contributed by atoms with Gasteiger partial charge in [-0.05, 0) is 38.6 Å². The molecule has 0 bridgehead atoms. The second kappa shape index (κ2) is 5.57. The van der Waals surface area contributed by atoms with Gasteiger partial charge in [0, 0.05) is 12.6 Å². The van der Waals surface area contributed by atoms with Crippen LogP contribution in [0.5, 0.6) is 0 Å². The van der Waals surface area contributed by atoms with Gasteiger partial charge in [-0.25, -0.2) is 17.5 Å². The average Bonchev–Trinajstić information content (AvgIpc) is 2.19. The normalized spacial score (nSPS) is 12.1. The Morgan fingerprint density at radius 2 is 2.00 bits per heavy atom. The predicted octanol–water partition coefficient (Wildman–Crippen LogP) is 1.23. The zero-order chi connectivity index (χ0) is 13.1. The molecule has 96 valence electrons. The Balaban J connectivity index is 3.16. The van der Waals surface area contributed by atoms with Crippen LogP contribution in [0.25, 0.3) is 0 Å². The maximum Gasteiger partial charge on any atom is 0.243 e. The molecule has 1 aromatic carbocycles. The quantitative estimate of drug-likeness (QED) is 0.837. The van der Waals surface area contributed by atoms with Crippen LogP contribution < -0.4 is 10.0 Å². The monoisotopic (exact) mass is 260 g/mol. The highest BCUT2D eigenvalue weighted by atomic mass is 32.2. The molecule has 0 aliphatic heterocycles. The van der Waals surface area contributed by atoms with Crippen LogP contribution in [0.2, 0.25) is 0 Å². The summed E-state index contributed by atoms with van der Waals surface area (Å²) < 4.78 is 39.6. The fraction of sp³-hybridized carbons (Fsp3) is 0.455. The molecule has 0 aliphatic carbocycles. The minimum atomic E-state index is -3.78. The lowest BCUT2D eigenvalue weighted by molar-refractivity contribution is 0.548. The Bertz CT molecular complexity index is 486. The fourth-order valence-corrected chi connectivity index (χ4v) is 2.82. The number of nitrogens with one attached hydrogen (secondary N) is 2. The molecule has 0 aromatic heterocycles. The average molecular weight is 260 g/mol. The number of hydrogen-bond donors (Lipinski definition) is 2. The molecule has 0 unspecified atom stereocenters. The van der Waals surface area contributed by atoms with Crippen molar-refractivity contribution in [2.45, 2.75) is 31.3 Å². The van der Waals surface area contributed by atoms with Crippen molar-refractivity contribution in [2.75, 3.05) is 7.05 Å². The molecule has 17 heavy (non-hydrogen) atoms. The third-order valence-electron chi connectivity index (χ3n) is 2.06.